The molecule has 2 rings (SSSR count). The zero-order valence-electron chi connectivity index (χ0n) is 8.25. The predicted molar refractivity (Wildman–Crippen MR) is 50.0 cm³/mol. The molecule has 70 valence electrons. The number of hydrogen-bond donors (Lipinski definition) is 0. The van der Waals surface area contributed by atoms with Crippen LogP contribution in [0.5, 0.6) is 0 Å². The SMILES string of the molecule is CC(C)C1CCC(C2CCO2)C1. The third kappa shape index (κ3) is 1.52. The number of rotatable bonds is 2. The Kier molecular flexibility index (Phi) is 2.40. The van der Waals surface area contributed by atoms with Crippen LogP contribution in [0.2, 0.25) is 0 Å². The maximum atomic E-state index is 5.54. The Morgan fingerprint density at radius 1 is 1.17 bits per heavy atom. The molecule has 0 aromatic heterocycles. The number of hydrogen-bond acceptors (Lipinski definition) is 1. The highest BCUT2D eigenvalue weighted by Gasteiger charge is 2.35. The summed E-state index contributed by atoms with van der Waals surface area (Å²) in [4.78, 5) is 0. The van der Waals surface area contributed by atoms with E-state index in [2.05, 4.69) is 13.8 Å². The molecule has 3 atom stereocenters. The van der Waals surface area contributed by atoms with Gasteiger partial charge in [0, 0.05) is 6.61 Å². The zero-order valence-corrected chi connectivity index (χ0v) is 8.25. The lowest BCUT2D eigenvalue weighted by molar-refractivity contribution is -0.0840. The molecular formula is C11H20O. The third-order valence-electron chi connectivity index (χ3n) is 3.72. The molecule has 0 bridgehead atoms. The van der Waals surface area contributed by atoms with Crippen LogP contribution < -0.4 is 0 Å². The maximum Gasteiger partial charge on any atom is 0.0625 e. The van der Waals surface area contributed by atoms with Gasteiger partial charge in [0.2, 0.25) is 0 Å². The minimum absolute atomic E-state index is 0.647. The first-order valence-corrected chi connectivity index (χ1v) is 5.39. The molecule has 3 unspecified atom stereocenters. The van der Waals surface area contributed by atoms with Crippen molar-refractivity contribution in [3.63, 3.8) is 0 Å². The van der Waals surface area contributed by atoms with Crippen molar-refractivity contribution in [3.8, 4) is 0 Å². The van der Waals surface area contributed by atoms with Crippen LogP contribution in [0.25, 0.3) is 0 Å². The molecule has 0 aromatic carbocycles. The second kappa shape index (κ2) is 3.37. The molecule has 12 heavy (non-hydrogen) atoms. The Bertz CT molecular complexity index is 149. The van der Waals surface area contributed by atoms with Crippen LogP contribution in [0.15, 0.2) is 0 Å². The van der Waals surface area contributed by atoms with Crippen LogP contribution in [-0.4, -0.2) is 12.7 Å². The van der Waals surface area contributed by atoms with E-state index >= 15 is 0 Å². The van der Waals surface area contributed by atoms with Crippen molar-refractivity contribution >= 4 is 0 Å². The molecule has 1 aliphatic carbocycles. The lowest BCUT2D eigenvalue weighted by Gasteiger charge is -2.32. The van der Waals surface area contributed by atoms with Crippen molar-refractivity contribution in [2.24, 2.45) is 17.8 Å². The highest BCUT2D eigenvalue weighted by Crippen LogP contribution is 2.40. The third-order valence-corrected chi connectivity index (χ3v) is 3.72. The largest absolute Gasteiger partial charge is 0.378 e. The van der Waals surface area contributed by atoms with Gasteiger partial charge in [-0.3, -0.25) is 0 Å². The van der Waals surface area contributed by atoms with Crippen molar-refractivity contribution in [1.82, 2.24) is 0 Å². The minimum atomic E-state index is 0.647. The van der Waals surface area contributed by atoms with E-state index < -0.39 is 0 Å². The van der Waals surface area contributed by atoms with E-state index in [1.807, 2.05) is 0 Å². The number of ether oxygens (including phenoxy) is 1. The van der Waals surface area contributed by atoms with Crippen LogP contribution in [0.4, 0.5) is 0 Å². The van der Waals surface area contributed by atoms with Crippen LogP contribution in [0.1, 0.15) is 39.5 Å². The Labute approximate surface area is 75.5 Å². The van der Waals surface area contributed by atoms with Gasteiger partial charge in [-0.2, -0.15) is 0 Å². The highest BCUT2D eigenvalue weighted by atomic mass is 16.5. The summed E-state index contributed by atoms with van der Waals surface area (Å²) in [6.45, 7) is 5.73. The Hall–Kier alpha value is -0.0400. The van der Waals surface area contributed by atoms with E-state index in [9.17, 15) is 0 Å². The maximum absolute atomic E-state index is 5.54. The van der Waals surface area contributed by atoms with Crippen molar-refractivity contribution in [1.29, 1.82) is 0 Å². The molecule has 1 saturated carbocycles. The standard InChI is InChI=1S/C11H20O/c1-8(2)9-3-4-10(7-9)11-5-6-12-11/h8-11H,3-7H2,1-2H3. The first-order valence-electron chi connectivity index (χ1n) is 5.39. The molecule has 1 heterocycles. The first kappa shape index (κ1) is 8.55. The zero-order chi connectivity index (χ0) is 8.55. The molecule has 0 aromatic rings. The molecule has 1 saturated heterocycles. The van der Waals surface area contributed by atoms with E-state index in [0.29, 0.717) is 6.10 Å². The molecular weight excluding hydrogens is 148 g/mol. The summed E-state index contributed by atoms with van der Waals surface area (Å²) in [5.74, 6) is 2.78. The van der Waals surface area contributed by atoms with E-state index in [4.69, 9.17) is 4.74 Å². The highest BCUT2D eigenvalue weighted by molar-refractivity contribution is 4.85. The van der Waals surface area contributed by atoms with Crippen LogP contribution in [0, 0.1) is 17.8 Å². The molecule has 0 radical (unpaired) electrons. The predicted octanol–water partition coefficient (Wildman–Crippen LogP) is 2.85. The fourth-order valence-corrected chi connectivity index (χ4v) is 2.62. The Morgan fingerprint density at radius 2 is 1.92 bits per heavy atom. The summed E-state index contributed by atoms with van der Waals surface area (Å²) >= 11 is 0. The van der Waals surface area contributed by atoms with Crippen LogP contribution in [0.3, 0.4) is 0 Å². The molecule has 0 spiro atoms. The van der Waals surface area contributed by atoms with E-state index in [1.165, 1.54) is 25.7 Å². The molecule has 0 N–H and O–H groups in total. The van der Waals surface area contributed by atoms with Crippen molar-refractivity contribution < 1.29 is 4.74 Å². The molecule has 1 aliphatic heterocycles. The van der Waals surface area contributed by atoms with Crippen molar-refractivity contribution in [3.05, 3.63) is 0 Å². The first-order chi connectivity index (χ1) is 5.77. The van der Waals surface area contributed by atoms with Gasteiger partial charge >= 0.3 is 0 Å². The van der Waals surface area contributed by atoms with E-state index in [0.717, 1.165) is 24.4 Å². The lowest BCUT2D eigenvalue weighted by Crippen LogP contribution is -2.33. The molecule has 2 fully saturated rings. The molecule has 2 aliphatic rings. The fraction of sp³-hybridized carbons (Fsp3) is 1.00. The van der Waals surface area contributed by atoms with Gasteiger partial charge in [0.15, 0.2) is 0 Å². The van der Waals surface area contributed by atoms with Gasteiger partial charge in [-0.15, -0.1) is 0 Å². The normalized spacial score (nSPS) is 41.8. The van der Waals surface area contributed by atoms with Crippen LogP contribution in [-0.2, 0) is 4.74 Å². The topological polar surface area (TPSA) is 9.23 Å². The average Bonchev–Trinajstić information content (AvgIpc) is 2.32. The van der Waals surface area contributed by atoms with Gasteiger partial charge in [-0.1, -0.05) is 13.8 Å². The monoisotopic (exact) mass is 168 g/mol. The van der Waals surface area contributed by atoms with Crippen LogP contribution >= 0.6 is 0 Å². The Balaban J connectivity index is 1.81. The van der Waals surface area contributed by atoms with Gasteiger partial charge in [0.1, 0.15) is 0 Å². The summed E-state index contributed by atoms with van der Waals surface area (Å²) in [5, 5.41) is 0. The van der Waals surface area contributed by atoms with Crippen molar-refractivity contribution in [2.45, 2.75) is 45.6 Å². The van der Waals surface area contributed by atoms with Gasteiger partial charge in [0.05, 0.1) is 6.10 Å². The molecule has 1 heteroatoms. The minimum Gasteiger partial charge on any atom is -0.378 e. The average molecular weight is 168 g/mol. The smallest absolute Gasteiger partial charge is 0.0625 e. The molecule has 1 nitrogen and oxygen atoms in total. The second-order valence-electron chi connectivity index (χ2n) is 4.78. The van der Waals surface area contributed by atoms with Gasteiger partial charge in [0.25, 0.3) is 0 Å². The second-order valence-corrected chi connectivity index (χ2v) is 4.78. The van der Waals surface area contributed by atoms with Gasteiger partial charge in [-0.25, -0.2) is 0 Å². The summed E-state index contributed by atoms with van der Waals surface area (Å²) < 4.78 is 5.54. The summed E-state index contributed by atoms with van der Waals surface area (Å²) in [6, 6.07) is 0. The Morgan fingerprint density at radius 3 is 2.33 bits per heavy atom. The van der Waals surface area contributed by atoms with Crippen molar-refractivity contribution in [2.75, 3.05) is 6.61 Å². The quantitative estimate of drug-likeness (QED) is 0.616. The summed E-state index contributed by atoms with van der Waals surface area (Å²) in [7, 11) is 0. The summed E-state index contributed by atoms with van der Waals surface area (Å²) in [6.07, 6.45) is 6.28. The summed E-state index contributed by atoms with van der Waals surface area (Å²) in [5.41, 5.74) is 0. The van der Waals surface area contributed by atoms with Gasteiger partial charge < -0.3 is 4.74 Å². The van der Waals surface area contributed by atoms with E-state index in [1.54, 1.807) is 0 Å². The fourth-order valence-electron chi connectivity index (χ4n) is 2.62. The molecule has 0 amide bonds. The van der Waals surface area contributed by atoms with E-state index in [-0.39, 0.29) is 0 Å². The lowest BCUT2D eigenvalue weighted by atomic mass is 9.90. The van der Waals surface area contributed by atoms with Gasteiger partial charge in [-0.05, 0) is 43.4 Å².